The van der Waals surface area contributed by atoms with Crippen LogP contribution in [0.25, 0.3) is 0 Å². The van der Waals surface area contributed by atoms with E-state index in [1.54, 1.807) is 6.07 Å². The topological polar surface area (TPSA) is 41.6 Å². The quantitative estimate of drug-likeness (QED) is 0.922. The smallest absolute Gasteiger partial charge is 0.239 e. The van der Waals surface area contributed by atoms with Gasteiger partial charge >= 0.3 is 0 Å². The van der Waals surface area contributed by atoms with Gasteiger partial charge in [0.25, 0.3) is 0 Å². The normalized spacial score (nSPS) is 18.4. The van der Waals surface area contributed by atoms with Crippen LogP contribution in [0.2, 0.25) is 10.0 Å². The Hall–Kier alpha value is -0.810. The zero-order valence-electron chi connectivity index (χ0n) is 12.2. The number of nitrogens with zero attached hydrogens (tertiary/aromatic N) is 1. The Morgan fingerprint density at radius 2 is 1.90 bits per heavy atom. The lowest BCUT2D eigenvalue weighted by Gasteiger charge is -2.30. The van der Waals surface area contributed by atoms with Crippen LogP contribution in [0.1, 0.15) is 25.5 Å². The Balaban J connectivity index is 1.95. The molecule has 116 valence electrons. The van der Waals surface area contributed by atoms with Gasteiger partial charge in [-0.1, -0.05) is 29.3 Å². The molecule has 1 heterocycles. The van der Waals surface area contributed by atoms with E-state index in [1.807, 2.05) is 30.9 Å². The summed E-state index contributed by atoms with van der Waals surface area (Å²) in [5.74, 6) is 0.102. The molecule has 2 unspecified atom stereocenters. The fourth-order valence-corrected chi connectivity index (χ4v) is 2.69. The highest BCUT2D eigenvalue weighted by molar-refractivity contribution is 6.42. The Kier molecular flexibility index (Phi) is 5.88. The molecule has 0 aromatic heterocycles. The van der Waals surface area contributed by atoms with Crippen LogP contribution < -0.4 is 5.32 Å². The number of carbonyl (C=O) groups excluding carboxylic acids is 1. The number of benzene rings is 1. The summed E-state index contributed by atoms with van der Waals surface area (Å²) in [6.45, 7) is 6.42. The molecule has 2 atom stereocenters. The number of hydrogen-bond acceptors (Lipinski definition) is 3. The van der Waals surface area contributed by atoms with Crippen LogP contribution in [0.4, 0.5) is 0 Å². The average molecular weight is 331 g/mol. The van der Waals surface area contributed by atoms with E-state index in [0.717, 1.165) is 5.56 Å². The number of ether oxygens (including phenoxy) is 1. The van der Waals surface area contributed by atoms with E-state index in [4.69, 9.17) is 27.9 Å². The third-order valence-electron chi connectivity index (χ3n) is 3.64. The van der Waals surface area contributed by atoms with Crippen LogP contribution >= 0.6 is 23.2 Å². The summed E-state index contributed by atoms with van der Waals surface area (Å²) in [5, 5.41) is 4.36. The number of hydrogen-bond donors (Lipinski definition) is 1. The van der Waals surface area contributed by atoms with Gasteiger partial charge in [0.05, 0.1) is 29.3 Å². The molecule has 0 radical (unpaired) electrons. The first-order valence-electron chi connectivity index (χ1n) is 7.06. The Labute approximate surface area is 135 Å². The van der Waals surface area contributed by atoms with Crippen molar-refractivity contribution in [2.24, 2.45) is 0 Å². The van der Waals surface area contributed by atoms with Crippen LogP contribution in [0.15, 0.2) is 18.2 Å². The molecule has 1 aromatic rings. The lowest BCUT2D eigenvalue weighted by Crippen LogP contribution is -2.49. The van der Waals surface area contributed by atoms with E-state index < -0.39 is 0 Å². The zero-order valence-corrected chi connectivity index (χ0v) is 13.7. The number of halogens is 2. The maximum Gasteiger partial charge on any atom is 0.239 e. The van der Waals surface area contributed by atoms with Crippen LogP contribution in [0, 0.1) is 0 Å². The van der Waals surface area contributed by atoms with E-state index in [9.17, 15) is 4.79 Å². The van der Waals surface area contributed by atoms with E-state index in [2.05, 4.69) is 5.32 Å². The molecule has 2 rings (SSSR count). The predicted octanol–water partition coefficient (Wildman–Crippen LogP) is 2.89. The first-order chi connectivity index (χ1) is 9.99. The molecule has 1 aliphatic heterocycles. The summed E-state index contributed by atoms with van der Waals surface area (Å²) < 4.78 is 5.26. The zero-order chi connectivity index (χ0) is 15.4. The second kappa shape index (κ2) is 7.45. The molecule has 0 spiro atoms. The number of morpholine rings is 1. The minimum atomic E-state index is -0.257. The third-order valence-corrected chi connectivity index (χ3v) is 4.38. The van der Waals surface area contributed by atoms with Crippen molar-refractivity contribution < 1.29 is 9.53 Å². The van der Waals surface area contributed by atoms with Crippen LogP contribution in [-0.2, 0) is 9.53 Å². The van der Waals surface area contributed by atoms with Gasteiger partial charge in [-0.2, -0.15) is 0 Å². The van der Waals surface area contributed by atoms with Crippen molar-refractivity contribution in [3.63, 3.8) is 0 Å². The molecule has 1 amide bonds. The molecule has 21 heavy (non-hydrogen) atoms. The Morgan fingerprint density at radius 3 is 2.52 bits per heavy atom. The van der Waals surface area contributed by atoms with Gasteiger partial charge in [-0.3, -0.25) is 10.1 Å². The summed E-state index contributed by atoms with van der Waals surface area (Å²) in [6.07, 6.45) is 0. The SMILES string of the molecule is CC(NC(C)c1ccc(Cl)c(Cl)c1)C(=O)N1CCOCC1. The summed E-state index contributed by atoms with van der Waals surface area (Å²) in [6, 6.07) is 5.27. The monoisotopic (exact) mass is 330 g/mol. The van der Waals surface area contributed by atoms with Crippen molar-refractivity contribution in [3.05, 3.63) is 33.8 Å². The first-order valence-corrected chi connectivity index (χ1v) is 7.82. The molecule has 0 bridgehead atoms. The van der Waals surface area contributed by atoms with Crippen molar-refractivity contribution in [1.29, 1.82) is 0 Å². The summed E-state index contributed by atoms with van der Waals surface area (Å²) in [7, 11) is 0. The number of nitrogens with one attached hydrogen (secondary N) is 1. The molecule has 1 saturated heterocycles. The minimum Gasteiger partial charge on any atom is -0.378 e. The predicted molar refractivity (Wildman–Crippen MR) is 84.9 cm³/mol. The van der Waals surface area contributed by atoms with E-state index in [-0.39, 0.29) is 18.0 Å². The van der Waals surface area contributed by atoms with Crippen LogP contribution in [0.5, 0.6) is 0 Å². The minimum absolute atomic E-state index is 0.0137. The van der Waals surface area contributed by atoms with Gasteiger partial charge in [-0.15, -0.1) is 0 Å². The summed E-state index contributed by atoms with van der Waals surface area (Å²) >= 11 is 11.9. The standard InChI is InChI=1S/C15H20Cl2N2O2/c1-10(12-3-4-13(16)14(17)9-12)18-11(2)15(20)19-5-7-21-8-6-19/h3-4,9-11,18H,5-8H2,1-2H3. The van der Waals surface area contributed by atoms with Gasteiger partial charge < -0.3 is 9.64 Å². The fourth-order valence-electron chi connectivity index (χ4n) is 2.38. The number of amides is 1. The highest BCUT2D eigenvalue weighted by Gasteiger charge is 2.23. The van der Waals surface area contributed by atoms with Crippen molar-refractivity contribution in [2.45, 2.75) is 25.9 Å². The Morgan fingerprint density at radius 1 is 1.24 bits per heavy atom. The lowest BCUT2D eigenvalue weighted by atomic mass is 10.1. The molecular weight excluding hydrogens is 311 g/mol. The van der Waals surface area contributed by atoms with Gasteiger partial charge in [0.15, 0.2) is 0 Å². The molecular formula is C15H20Cl2N2O2. The van der Waals surface area contributed by atoms with Crippen LogP contribution in [-0.4, -0.2) is 43.2 Å². The van der Waals surface area contributed by atoms with Crippen molar-refractivity contribution in [2.75, 3.05) is 26.3 Å². The maximum absolute atomic E-state index is 12.3. The largest absolute Gasteiger partial charge is 0.378 e. The van der Waals surface area contributed by atoms with Gasteiger partial charge in [0, 0.05) is 19.1 Å². The molecule has 1 aromatic carbocycles. The first kappa shape index (κ1) is 16.6. The summed E-state index contributed by atoms with van der Waals surface area (Å²) in [5.41, 5.74) is 1.01. The van der Waals surface area contributed by atoms with E-state index in [1.165, 1.54) is 0 Å². The van der Waals surface area contributed by atoms with Gasteiger partial charge in [-0.05, 0) is 31.5 Å². The lowest BCUT2D eigenvalue weighted by molar-refractivity contribution is -0.137. The molecule has 0 aliphatic carbocycles. The van der Waals surface area contributed by atoms with Crippen molar-refractivity contribution >= 4 is 29.1 Å². The van der Waals surface area contributed by atoms with Gasteiger partial charge in [0.2, 0.25) is 5.91 Å². The second-order valence-electron chi connectivity index (χ2n) is 5.22. The number of rotatable bonds is 4. The highest BCUT2D eigenvalue weighted by Crippen LogP contribution is 2.25. The molecule has 4 nitrogen and oxygen atoms in total. The molecule has 1 N–H and O–H groups in total. The average Bonchev–Trinajstić information content (AvgIpc) is 2.50. The van der Waals surface area contributed by atoms with Crippen LogP contribution in [0.3, 0.4) is 0 Å². The fraction of sp³-hybridized carbons (Fsp3) is 0.533. The Bertz CT molecular complexity index is 504. The third kappa shape index (κ3) is 4.33. The van der Waals surface area contributed by atoms with Crippen molar-refractivity contribution in [1.82, 2.24) is 10.2 Å². The van der Waals surface area contributed by atoms with Crippen molar-refractivity contribution in [3.8, 4) is 0 Å². The molecule has 1 fully saturated rings. The van der Waals surface area contributed by atoms with E-state index >= 15 is 0 Å². The van der Waals surface area contributed by atoms with Gasteiger partial charge in [0.1, 0.15) is 0 Å². The van der Waals surface area contributed by atoms with E-state index in [0.29, 0.717) is 36.3 Å². The van der Waals surface area contributed by atoms with Gasteiger partial charge in [-0.25, -0.2) is 0 Å². The second-order valence-corrected chi connectivity index (χ2v) is 6.04. The maximum atomic E-state index is 12.3. The summed E-state index contributed by atoms with van der Waals surface area (Å²) in [4.78, 5) is 14.2. The number of carbonyl (C=O) groups is 1. The molecule has 6 heteroatoms. The molecule has 0 saturated carbocycles. The molecule has 1 aliphatic rings. The highest BCUT2D eigenvalue weighted by atomic mass is 35.5.